The Morgan fingerprint density at radius 3 is 0.992 bits per heavy atom. The van der Waals surface area contributed by atoms with Gasteiger partial charge in [0.1, 0.15) is 40.7 Å². The van der Waals surface area contributed by atoms with Crippen LogP contribution in [0.4, 0.5) is 80.7 Å². The van der Waals surface area contributed by atoms with E-state index in [1.807, 2.05) is 0 Å². The molecule has 0 aliphatic rings. The molecular weight excluding hydrogens is 1680 g/mol. The maximum absolute atomic E-state index is 13.2. The molecule has 8 aromatic carbocycles. The first kappa shape index (κ1) is 86.4. The Kier molecular flexibility index (Phi) is 24.8. The predicted molar refractivity (Wildman–Crippen MR) is 412 cm³/mol. The van der Waals surface area contributed by atoms with Crippen molar-refractivity contribution in [1.29, 1.82) is 0 Å². The Morgan fingerprint density at radius 2 is 0.678 bits per heavy atom. The van der Waals surface area contributed by atoms with Crippen LogP contribution in [0.25, 0.3) is 45.6 Å². The summed E-state index contributed by atoms with van der Waals surface area (Å²) in [5, 5.41) is 51.2. The molecule has 0 fully saturated rings. The topological polar surface area (TPSA) is 702 Å². The Morgan fingerprint density at radius 1 is 0.356 bits per heavy atom. The number of aromatic nitrogens is 8. The van der Waals surface area contributed by atoms with Gasteiger partial charge in [0, 0.05) is 58.1 Å². The number of amides is 2. The van der Waals surface area contributed by atoms with Gasteiger partial charge in [-0.05, 0) is 152 Å². The van der Waals surface area contributed by atoms with Crippen molar-refractivity contribution in [2.45, 2.75) is 43.2 Å². The fourth-order valence-electron chi connectivity index (χ4n) is 11.1. The number of pyridine rings is 2. The van der Waals surface area contributed by atoms with Gasteiger partial charge >= 0.3 is 47.6 Å². The minimum atomic E-state index is -5.22. The highest BCUT2D eigenvalue weighted by Gasteiger charge is 2.28. The Labute approximate surface area is 664 Å². The van der Waals surface area contributed by atoms with E-state index in [0.29, 0.717) is 0 Å². The molecule has 0 radical (unpaired) electrons. The highest BCUT2D eigenvalue weighted by molar-refractivity contribution is 7.87. The molecule has 44 nitrogen and oxygen atoms in total. The number of carboxylic acids is 2. The number of carbonyl (C=O) groups excluding carboxylic acids is 2. The van der Waals surface area contributed by atoms with E-state index in [0.717, 1.165) is 111 Å². The Balaban J connectivity index is 0.00000733. The molecule has 12 rings (SSSR count). The minimum Gasteiger partial charge on any atom is -0.870 e. The van der Waals surface area contributed by atoms with Crippen LogP contribution in [0.1, 0.15) is 45.7 Å². The fourth-order valence-corrected chi connectivity index (χ4v) is 15.4. The number of carbonyl (C=O) groups is 4. The zero-order valence-electron chi connectivity index (χ0n) is 59.3. The van der Waals surface area contributed by atoms with E-state index in [1.54, 1.807) is 0 Å². The number of azo groups is 2. The van der Waals surface area contributed by atoms with E-state index in [-0.39, 0.29) is 147 Å². The van der Waals surface area contributed by atoms with Gasteiger partial charge in [-0.1, -0.05) is 48.6 Å². The maximum Gasteiger partial charge on any atom is 0.444 e. The van der Waals surface area contributed by atoms with Crippen molar-refractivity contribution >= 4 is 199 Å². The van der Waals surface area contributed by atoms with Crippen LogP contribution < -0.4 is 41.0 Å². The molecule has 118 heavy (non-hydrogen) atoms. The molecule has 0 spiro atoms. The van der Waals surface area contributed by atoms with Gasteiger partial charge in [0.2, 0.25) is 11.8 Å². The minimum absolute atomic E-state index is 0. The summed E-state index contributed by atoms with van der Waals surface area (Å²) in [5.74, 6) is -5.92. The predicted octanol–water partition coefficient (Wildman–Crippen LogP) is 9.33. The molecular formula is C68H54N18O26S6. The molecule has 16 N–H and O–H groups in total. The SMILES string of the molecule is CC(=O)Nc1cc(Nc2nc(Nc3ccc(C=Cc4ccc(Nc5nc(Nc6ccc(N=Nc7cc(S(=O)(=O)O)c8cccc(S(=O)(=O)O)c8c7)c(NC(C)=O)c6)nc(-[n+]6cccc(C(=O)O)c6)n5)cc4S(=O)(=O)O)c(S(=O)(=O)O)c3)nc(-[n+]3cccc(C(=O)O)c3)n2)ccc1N=Nc1cc(S(=O)(=O)O)c2cccc(S(=O)(=O)O)c2c1.[OH-].[OH-]. The number of nitrogens with one attached hydrogen (secondary N) is 6. The molecule has 0 bridgehead atoms. The first-order chi connectivity index (χ1) is 54.5. The lowest BCUT2D eigenvalue weighted by atomic mass is 10.1. The summed E-state index contributed by atoms with van der Waals surface area (Å²) in [7, 11) is -30.5. The van der Waals surface area contributed by atoms with Crippen molar-refractivity contribution in [3.8, 4) is 11.9 Å². The first-order valence-corrected chi connectivity index (χ1v) is 40.8. The number of hydrogen-bond donors (Lipinski definition) is 14. The number of benzene rings is 8. The lowest BCUT2D eigenvalue weighted by Crippen LogP contribution is -2.34. The van der Waals surface area contributed by atoms with Gasteiger partial charge in [0.05, 0.1) is 58.7 Å². The van der Waals surface area contributed by atoms with Crippen molar-refractivity contribution in [3.63, 3.8) is 0 Å². The third-order valence-electron chi connectivity index (χ3n) is 15.9. The molecule has 608 valence electrons. The van der Waals surface area contributed by atoms with E-state index >= 15 is 0 Å². The summed E-state index contributed by atoms with van der Waals surface area (Å²) < 4.78 is 216. The zero-order chi connectivity index (χ0) is 83.7. The van der Waals surface area contributed by atoms with Crippen LogP contribution in [0, 0.1) is 0 Å². The van der Waals surface area contributed by atoms with Gasteiger partial charge in [-0.15, -0.1) is 20.2 Å². The summed E-state index contributed by atoms with van der Waals surface area (Å²) >= 11 is 0. The van der Waals surface area contributed by atoms with Gasteiger partial charge in [-0.2, -0.15) is 60.7 Å². The van der Waals surface area contributed by atoms with E-state index in [9.17, 15) is 107 Å². The van der Waals surface area contributed by atoms with Gasteiger partial charge in [-0.3, -0.25) is 36.9 Å². The lowest BCUT2D eigenvalue weighted by molar-refractivity contribution is -0.604. The van der Waals surface area contributed by atoms with E-state index in [1.165, 1.54) is 106 Å². The van der Waals surface area contributed by atoms with Crippen molar-refractivity contribution in [2.24, 2.45) is 20.5 Å². The normalized spacial score (nSPS) is 12.1. The molecule has 0 unspecified atom stereocenters. The second kappa shape index (κ2) is 33.8. The lowest BCUT2D eigenvalue weighted by Gasteiger charge is -2.11. The first-order valence-electron chi connectivity index (χ1n) is 32.2. The number of hydrogen-bond acceptors (Lipinski definition) is 32. The number of anilines is 10. The maximum atomic E-state index is 13.2. The number of nitrogens with zero attached hydrogens (tertiary/aromatic N) is 12. The summed E-state index contributed by atoms with van der Waals surface area (Å²) in [5.41, 5.74) is -2.17. The van der Waals surface area contributed by atoms with Crippen LogP contribution in [0.15, 0.2) is 232 Å². The molecule has 4 heterocycles. The molecule has 0 saturated carbocycles. The fraction of sp³-hybridized carbons (Fsp3) is 0.0294. The standard InChI is InChI=1S/C68H50N18O24S6.2H2O/c1-35(87)69-53-27-41(19-21-51(53)83-81-45-25-49-47(59(31-45)115(105,106)107)9-3-11-55(49)111(93,94)95)71-63-75-65(79-67(77-63)85-23-5-7-39(33-85)61(89)90)73-43-17-15-37(57(29-43)113(99,100)101)13-14-38-16-18-44(30-58(38)114(102,103)104)74-66-76-64(78-68(80-66)86-24-6-8-40(34-86)62(91)92)72-42-20-22-52(54(28-42)70-36(2)88)84-82-46-26-50-48(60(32-46)116(108,109)110)10-4-12-56(50)112(96,97)98;;/h3-34H,1-2H3,(H12-2,69,70,71,72,73,74,75,76,77,78,79,80,81,82,83,84,87,88,89,90,91,92,93,94,95,96,97,98,99,100,101,102,103,104,105,106,107,108,109,110);2*1H2. The Hall–Kier alpha value is -14.0. The quantitative estimate of drug-likeness (QED) is 0.0104. The summed E-state index contributed by atoms with van der Waals surface area (Å²) in [4.78, 5) is 71.1. The molecule has 2 amide bonds. The van der Waals surface area contributed by atoms with Crippen molar-refractivity contribution in [3.05, 3.63) is 205 Å². The second-order valence-electron chi connectivity index (χ2n) is 24.2. The Bertz CT molecular complexity index is 6620. The number of rotatable bonds is 26. The highest BCUT2D eigenvalue weighted by Crippen LogP contribution is 2.39. The number of aromatic carboxylic acids is 2. The largest absolute Gasteiger partial charge is 0.870 e. The summed E-state index contributed by atoms with van der Waals surface area (Å²) in [6.45, 7) is 2.28. The molecule has 0 aliphatic carbocycles. The van der Waals surface area contributed by atoms with Crippen molar-refractivity contribution in [1.82, 2.24) is 29.9 Å². The molecule has 12 aromatic rings. The van der Waals surface area contributed by atoms with Gasteiger partial charge in [-0.25, -0.2) is 18.7 Å². The highest BCUT2D eigenvalue weighted by atomic mass is 32.2. The van der Waals surface area contributed by atoms with Gasteiger partial charge < -0.3 is 53.1 Å². The second-order valence-corrected chi connectivity index (χ2v) is 32.5. The van der Waals surface area contributed by atoms with Crippen molar-refractivity contribution in [2.75, 3.05) is 31.9 Å². The third kappa shape index (κ3) is 20.6. The number of fused-ring (bicyclic) bond motifs is 2. The van der Waals surface area contributed by atoms with E-state index in [2.05, 4.69) is 82.3 Å². The summed E-state index contributed by atoms with van der Waals surface area (Å²) in [6, 6.07) is 30.3. The van der Waals surface area contributed by atoms with E-state index in [4.69, 9.17) is 0 Å². The molecule has 4 aromatic heterocycles. The van der Waals surface area contributed by atoms with Crippen LogP contribution >= 0.6 is 0 Å². The zero-order valence-corrected chi connectivity index (χ0v) is 64.2. The average molecular weight is 1730 g/mol. The van der Waals surface area contributed by atoms with Crippen LogP contribution in [0.2, 0.25) is 0 Å². The monoisotopic (exact) mass is 1730 g/mol. The van der Waals surface area contributed by atoms with Gasteiger partial charge in [0.15, 0.2) is 0 Å². The van der Waals surface area contributed by atoms with Crippen LogP contribution in [-0.4, -0.2) is 153 Å². The molecule has 50 heteroatoms. The van der Waals surface area contributed by atoms with Crippen molar-refractivity contribution < 1.29 is 127 Å². The average Bonchev–Trinajstić information content (AvgIpc) is 0.765. The van der Waals surface area contributed by atoms with Gasteiger partial charge in [0.25, 0.3) is 60.7 Å². The summed E-state index contributed by atoms with van der Waals surface area (Å²) in [6.07, 6.45) is 7.14. The van der Waals surface area contributed by atoms with Crippen LogP contribution in [-0.2, 0) is 70.3 Å². The number of carboxylic acid groups (broad SMARTS) is 2. The van der Waals surface area contributed by atoms with Crippen LogP contribution in [0.3, 0.4) is 0 Å². The molecule has 0 atom stereocenters. The molecule has 0 saturated heterocycles. The third-order valence-corrected chi connectivity index (χ3v) is 21.4. The molecule has 0 aliphatic heterocycles. The smallest absolute Gasteiger partial charge is 0.444 e. The van der Waals surface area contributed by atoms with Crippen LogP contribution in [0.5, 0.6) is 0 Å². The van der Waals surface area contributed by atoms with E-state index < -0.39 is 114 Å².